The number of nitrogens with zero attached hydrogens (tertiary/aromatic N) is 2. The second-order valence-corrected chi connectivity index (χ2v) is 8.88. The molecule has 0 aliphatic rings. The van der Waals surface area contributed by atoms with Crippen LogP contribution in [0.2, 0.25) is 0 Å². The summed E-state index contributed by atoms with van der Waals surface area (Å²) in [6.45, 7) is 2.85. The van der Waals surface area contributed by atoms with Gasteiger partial charge in [-0.05, 0) is 59.5 Å². The summed E-state index contributed by atoms with van der Waals surface area (Å²) >= 11 is 0. The smallest absolute Gasteiger partial charge is 0.155 e. The van der Waals surface area contributed by atoms with Gasteiger partial charge in [-0.25, -0.2) is 0 Å². The molecule has 1 radical (unpaired) electrons. The first kappa shape index (κ1) is 27.5. The minimum absolute atomic E-state index is 0. The first-order chi connectivity index (χ1) is 18.4. The number of carbonyl (C=O) groups excluding carboxylic acids is 1. The number of fused-ring (bicyclic) bond motifs is 4. The van der Waals surface area contributed by atoms with Crippen LogP contribution in [0.3, 0.4) is 0 Å². The molecule has 0 fully saturated rings. The van der Waals surface area contributed by atoms with Crippen molar-refractivity contribution >= 4 is 38.5 Å². The number of allylic oxidation sites excluding steroid dienone is 2. The summed E-state index contributed by atoms with van der Waals surface area (Å²) in [6.07, 6.45) is 2.93. The molecular weight excluding hydrogens is 665 g/mol. The van der Waals surface area contributed by atoms with Gasteiger partial charge in [-0.3, -0.25) is 4.79 Å². The number of hydrogen-bond donors (Lipinski definition) is 1. The molecule has 0 aliphatic carbocycles. The molecule has 0 saturated heterocycles. The van der Waals surface area contributed by atoms with Gasteiger partial charge in [-0.1, -0.05) is 66.0 Å². The molecule has 0 bridgehead atoms. The minimum atomic E-state index is -0.125. The fraction of sp³-hybridized carbons (Fsp3) is 0.0606. The van der Waals surface area contributed by atoms with E-state index in [1.165, 1.54) is 19.9 Å². The Kier molecular flexibility index (Phi) is 8.36. The van der Waals surface area contributed by atoms with Crippen molar-refractivity contribution in [3.8, 4) is 28.5 Å². The van der Waals surface area contributed by atoms with E-state index in [0.717, 1.165) is 55.1 Å². The monoisotopic (exact) mass is 688 g/mol. The fourth-order valence-corrected chi connectivity index (χ4v) is 4.47. The SMILES string of the molecule is CC(=O)/C=C(/C)O.N#Cc1ccc2c(-c3[c-]cc4c(c3)oc3c(-c5ccccc5)cccc34)nccc2c1.[Ir]. The van der Waals surface area contributed by atoms with Gasteiger partial charge in [0.1, 0.15) is 5.58 Å². The van der Waals surface area contributed by atoms with Gasteiger partial charge in [0, 0.05) is 37.9 Å². The van der Waals surface area contributed by atoms with Crippen LogP contribution in [-0.4, -0.2) is 15.9 Å². The number of aliphatic hydroxyl groups is 1. The van der Waals surface area contributed by atoms with Crippen molar-refractivity contribution < 1.29 is 34.4 Å². The molecule has 0 amide bonds. The molecule has 6 rings (SSSR count). The molecule has 2 heterocycles. The van der Waals surface area contributed by atoms with Gasteiger partial charge in [0.15, 0.2) is 5.78 Å². The number of aromatic nitrogens is 1. The molecule has 0 spiro atoms. The standard InChI is InChI=1S/C28H15N2O.C5H8O2.Ir/c29-17-18-9-11-22-20(15-18)13-14-30-27(22)21-10-12-24-25-8-4-7-23(19-5-2-1-3-6-19)28(25)31-26(24)16-21;1-4(6)3-5(2)7;/h1-9,11-16H;3,6H,1-2H3;/q-1;;/b;4-3-;. The third-order valence-electron chi connectivity index (χ3n) is 6.08. The molecule has 2 aromatic heterocycles. The number of nitriles is 1. The van der Waals surface area contributed by atoms with E-state index in [4.69, 9.17) is 9.52 Å². The predicted molar refractivity (Wildman–Crippen MR) is 151 cm³/mol. The van der Waals surface area contributed by atoms with Gasteiger partial charge < -0.3 is 14.5 Å². The summed E-state index contributed by atoms with van der Waals surface area (Å²) in [7, 11) is 0. The fourth-order valence-electron chi connectivity index (χ4n) is 4.47. The van der Waals surface area contributed by atoms with E-state index in [1.807, 2.05) is 54.6 Å². The summed E-state index contributed by atoms with van der Waals surface area (Å²) in [5, 5.41) is 21.6. The quantitative estimate of drug-likeness (QED) is 0.115. The Hall–Kier alpha value is -4.56. The predicted octanol–water partition coefficient (Wildman–Crippen LogP) is 8.17. The van der Waals surface area contributed by atoms with Crippen molar-refractivity contribution in [3.05, 3.63) is 115 Å². The van der Waals surface area contributed by atoms with E-state index < -0.39 is 0 Å². The number of aliphatic hydroxyl groups excluding tert-OH is 1. The van der Waals surface area contributed by atoms with E-state index in [0.29, 0.717) is 5.56 Å². The molecule has 0 saturated carbocycles. The molecule has 6 heteroatoms. The minimum Gasteiger partial charge on any atom is -0.512 e. The Labute approximate surface area is 239 Å². The maximum atomic E-state index is 10.0. The average molecular weight is 688 g/mol. The number of para-hydroxylation sites is 1. The second-order valence-electron chi connectivity index (χ2n) is 8.88. The van der Waals surface area contributed by atoms with Gasteiger partial charge in [-0.15, -0.1) is 17.7 Å². The van der Waals surface area contributed by atoms with Crippen molar-refractivity contribution in [3.63, 3.8) is 0 Å². The van der Waals surface area contributed by atoms with Crippen molar-refractivity contribution in [1.29, 1.82) is 5.26 Å². The van der Waals surface area contributed by atoms with Crippen molar-refractivity contribution in [2.24, 2.45) is 0 Å². The Bertz CT molecular complexity index is 1880. The maximum absolute atomic E-state index is 10.0. The Morgan fingerprint density at radius 3 is 2.46 bits per heavy atom. The largest absolute Gasteiger partial charge is 0.512 e. The van der Waals surface area contributed by atoms with Gasteiger partial charge in [0.2, 0.25) is 0 Å². The first-order valence-corrected chi connectivity index (χ1v) is 12.0. The summed E-state index contributed by atoms with van der Waals surface area (Å²) in [6, 6.07) is 33.6. The number of pyridine rings is 1. The van der Waals surface area contributed by atoms with Crippen LogP contribution in [-0.2, 0) is 24.9 Å². The zero-order chi connectivity index (χ0) is 26.6. The molecule has 4 aromatic carbocycles. The zero-order valence-electron chi connectivity index (χ0n) is 21.2. The number of rotatable bonds is 3. The van der Waals surface area contributed by atoms with E-state index >= 15 is 0 Å². The van der Waals surface area contributed by atoms with E-state index in [2.05, 4.69) is 47.5 Å². The van der Waals surface area contributed by atoms with E-state index in [-0.39, 0.29) is 31.6 Å². The van der Waals surface area contributed by atoms with Crippen LogP contribution in [0.5, 0.6) is 0 Å². The van der Waals surface area contributed by atoms with Crippen LogP contribution >= 0.6 is 0 Å². The second kappa shape index (κ2) is 11.9. The molecule has 193 valence electrons. The molecule has 0 unspecified atom stereocenters. The van der Waals surface area contributed by atoms with Crippen LogP contribution in [0.25, 0.3) is 55.1 Å². The number of benzene rings is 4. The molecule has 1 N–H and O–H groups in total. The number of furan rings is 1. The Balaban J connectivity index is 0.000000394. The van der Waals surface area contributed by atoms with Crippen LogP contribution < -0.4 is 0 Å². The van der Waals surface area contributed by atoms with E-state index in [9.17, 15) is 10.1 Å². The van der Waals surface area contributed by atoms with Crippen LogP contribution in [0.4, 0.5) is 0 Å². The normalized spacial score (nSPS) is 10.9. The molecular formula is C33H23IrN2O3-. The molecule has 6 aromatic rings. The van der Waals surface area contributed by atoms with Crippen LogP contribution in [0, 0.1) is 17.4 Å². The molecule has 0 aliphatic heterocycles. The number of ketones is 1. The van der Waals surface area contributed by atoms with Gasteiger partial charge in [0.05, 0.1) is 23.0 Å². The van der Waals surface area contributed by atoms with Crippen molar-refractivity contribution in [1.82, 2.24) is 4.98 Å². The summed E-state index contributed by atoms with van der Waals surface area (Å²) in [5.74, 6) is -0.0625. The third kappa shape index (κ3) is 5.81. The average Bonchev–Trinajstić information content (AvgIpc) is 3.30. The van der Waals surface area contributed by atoms with Crippen LogP contribution in [0.1, 0.15) is 19.4 Å². The Morgan fingerprint density at radius 1 is 0.974 bits per heavy atom. The van der Waals surface area contributed by atoms with Crippen molar-refractivity contribution in [2.45, 2.75) is 13.8 Å². The van der Waals surface area contributed by atoms with Crippen LogP contribution in [0.15, 0.2) is 107 Å². The number of hydrogen-bond acceptors (Lipinski definition) is 5. The molecule has 0 atom stereocenters. The maximum Gasteiger partial charge on any atom is 0.155 e. The molecule has 39 heavy (non-hydrogen) atoms. The summed E-state index contributed by atoms with van der Waals surface area (Å²) < 4.78 is 6.36. The number of carbonyl (C=O) groups is 1. The summed E-state index contributed by atoms with van der Waals surface area (Å²) in [5.41, 5.74) is 6.20. The first-order valence-electron chi connectivity index (χ1n) is 12.0. The van der Waals surface area contributed by atoms with Gasteiger partial charge >= 0.3 is 0 Å². The van der Waals surface area contributed by atoms with E-state index in [1.54, 1.807) is 6.20 Å². The van der Waals surface area contributed by atoms with Gasteiger partial charge in [0.25, 0.3) is 0 Å². The van der Waals surface area contributed by atoms with Gasteiger partial charge in [-0.2, -0.15) is 5.26 Å². The summed E-state index contributed by atoms with van der Waals surface area (Å²) in [4.78, 5) is 14.6. The third-order valence-corrected chi connectivity index (χ3v) is 6.08. The zero-order valence-corrected chi connectivity index (χ0v) is 23.6. The van der Waals surface area contributed by atoms with Crippen molar-refractivity contribution in [2.75, 3.05) is 0 Å². The topological polar surface area (TPSA) is 87.1 Å². The Morgan fingerprint density at radius 2 is 1.77 bits per heavy atom. The molecule has 5 nitrogen and oxygen atoms in total.